The molecule has 1 aliphatic rings. The lowest BCUT2D eigenvalue weighted by molar-refractivity contribution is 0.0161. The van der Waals surface area contributed by atoms with E-state index in [1.807, 2.05) is 18.3 Å². The first-order valence-electron chi connectivity index (χ1n) is 9.57. The van der Waals surface area contributed by atoms with Gasteiger partial charge in [0.2, 0.25) is 0 Å². The first-order valence-corrected chi connectivity index (χ1v) is 10.5. The Morgan fingerprint density at radius 3 is 2.79 bits per heavy atom. The number of rotatable bonds is 8. The van der Waals surface area contributed by atoms with Crippen LogP contribution in [0.5, 0.6) is 5.75 Å². The van der Waals surface area contributed by atoms with E-state index in [0.29, 0.717) is 6.04 Å². The highest BCUT2D eigenvalue weighted by atomic mass is 32.1. The van der Waals surface area contributed by atoms with E-state index in [-0.39, 0.29) is 0 Å². The monoisotopic (exact) mass is 398 g/mol. The summed E-state index contributed by atoms with van der Waals surface area (Å²) in [5.41, 5.74) is 3.59. The lowest BCUT2D eigenvalue weighted by Gasteiger charge is -2.35. The topological polar surface area (TPSA) is 62.4 Å². The number of thiophene rings is 1. The normalized spacial score (nSPS) is 16.2. The third kappa shape index (κ3) is 4.44. The Kier molecular flexibility index (Phi) is 6.38. The van der Waals surface area contributed by atoms with Gasteiger partial charge in [-0.1, -0.05) is 18.2 Å². The predicted octanol–water partition coefficient (Wildman–Crippen LogP) is 3.31. The summed E-state index contributed by atoms with van der Waals surface area (Å²) in [5.74, 6) is 0.886. The van der Waals surface area contributed by atoms with Gasteiger partial charge in [-0.05, 0) is 29.1 Å². The van der Waals surface area contributed by atoms with E-state index < -0.39 is 0 Å². The lowest BCUT2D eigenvalue weighted by atomic mass is 10.0. The number of morpholine rings is 1. The third-order valence-corrected chi connectivity index (χ3v) is 6.01. The van der Waals surface area contributed by atoms with Crippen LogP contribution in [0.4, 0.5) is 0 Å². The summed E-state index contributed by atoms with van der Waals surface area (Å²) >= 11 is 1.72. The van der Waals surface area contributed by atoms with Crippen molar-refractivity contribution in [3.8, 4) is 16.3 Å². The maximum Gasteiger partial charge on any atom is 0.118 e. The summed E-state index contributed by atoms with van der Waals surface area (Å²) in [4.78, 5) is 3.71. The molecule has 0 aliphatic carbocycles. The number of benzene rings is 1. The van der Waals surface area contributed by atoms with E-state index in [2.05, 4.69) is 50.1 Å². The Morgan fingerprint density at radius 1 is 1.25 bits per heavy atom. The second-order valence-electron chi connectivity index (χ2n) is 6.82. The van der Waals surface area contributed by atoms with Crippen molar-refractivity contribution in [1.82, 2.24) is 20.4 Å². The average Bonchev–Trinajstić information content (AvgIpc) is 3.44. The second kappa shape index (κ2) is 9.34. The molecule has 1 aromatic carbocycles. The number of ether oxygens (including phenoxy) is 2. The Morgan fingerprint density at radius 2 is 2.07 bits per heavy atom. The van der Waals surface area contributed by atoms with Crippen molar-refractivity contribution in [3.05, 3.63) is 59.1 Å². The molecular formula is C21H26N4O2S. The zero-order chi connectivity index (χ0) is 19.2. The minimum atomic E-state index is 0.298. The molecule has 0 saturated carbocycles. The standard InChI is InChI=1S/C21H26N4O2S/c1-26-18-6-4-16(5-7-18)19(25-8-10-27-11-9-25)15-22-13-17-14-23-24-21(17)20-3-2-12-28-20/h2-7,12,14,19,22H,8-11,13,15H2,1H3,(H,23,24)/t19-/m0/s1. The van der Waals surface area contributed by atoms with Crippen molar-refractivity contribution in [2.45, 2.75) is 12.6 Å². The van der Waals surface area contributed by atoms with Crippen molar-refractivity contribution in [1.29, 1.82) is 0 Å². The first-order chi connectivity index (χ1) is 13.8. The summed E-state index contributed by atoms with van der Waals surface area (Å²) < 4.78 is 10.9. The molecule has 3 aromatic rings. The highest BCUT2D eigenvalue weighted by Gasteiger charge is 2.22. The number of aromatic amines is 1. The van der Waals surface area contributed by atoms with Crippen LogP contribution in [-0.2, 0) is 11.3 Å². The maximum atomic E-state index is 5.55. The lowest BCUT2D eigenvalue weighted by Crippen LogP contribution is -2.42. The molecular weight excluding hydrogens is 372 g/mol. The number of nitrogens with zero attached hydrogens (tertiary/aromatic N) is 2. The Labute approximate surface area is 169 Å². The van der Waals surface area contributed by atoms with Crippen LogP contribution in [0, 0.1) is 0 Å². The molecule has 0 spiro atoms. The molecule has 3 heterocycles. The molecule has 1 fully saturated rings. The van der Waals surface area contributed by atoms with Gasteiger partial charge in [-0.2, -0.15) is 5.10 Å². The Hall–Kier alpha value is -2.19. The predicted molar refractivity (Wildman–Crippen MR) is 112 cm³/mol. The van der Waals surface area contributed by atoms with Gasteiger partial charge < -0.3 is 14.8 Å². The molecule has 2 aromatic heterocycles. The molecule has 0 bridgehead atoms. The largest absolute Gasteiger partial charge is 0.497 e. The summed E-state index contributed by atoms with van der Waals surface area (Å²) in [6.07, 6.45) is 1.92. The van der Waals surface area contributed by atoms with Gasteiger partial charge in [0.15, 0.2) is 0 Å². The summed E-state index contributed by atoms with van der Waals surface area (Å²) in [6, 6.07) is 12.9. The number of methoxy groups -OCH3 is 1. The van der Waals surface area contributed by atoms with Crippen LogP contribution in [0.3, 0.4) is 0 Å². The second-order valence-corrected chi connectivity index (χ2v) is 7.76. The molecule has 28 heavy (non-hydrogen) atoms. The van der Waals surface area contributed by atoms with Gasteiger partial charge in [0.1, 0.15) is 5.75 Å². The van der Waals surface area contributed by atoms with Crippen LogP contribution in [0.1, 0.15) is 17.2 Å². The Balaban J connectivity index is 1.44. The summed E-state index contributed by atoms with van der Waals surface area (Å²) in [5, 5.41) is 13.1. The minimum Gasteiger partial charge on any atom is -0.497 e. The number of aromatic nitrogens is 2. The van der Waals surface area contributed by atoms with E-state index in [1.165, 1.54) is 16.0 Å². The molecule has 4 rings (SSSR count). The molecule has 7 heteroatoms. The molecule has 6 nitrogen and oxygen atoms in total. The van der Waals surface area contributed by atoms with E-state index >= 15 is 0 Å². The van der Waals surface area contributed by atoms with Crippen molar-refractivity contribution < 1.29 is 9.47 Å². The fraction of sp³-hybridized carbons (Fsp3) is 0.381. The quantitative estimate of drug-likeness (QED) is 0.610. The molecule has 1 saturated heterocycles. The zero-order valence-electron chi connectivity index (χ0n) is 16.1. The molecule has 1 atom stereocenters. The van der Waals surface area contributed by atoms with Gasteiger partial charge in [-0.15, -0.1) is 11.3 Å². The van der Waals surface area contributed by atoms with Crippen molar-refractivity contribution in [3.63, 3.8) is 0 Å². The molecule has 0 amide bonds. The van der Waals surface area contributed by atoms with E-state index in [0.717, 1.165) is 50.8 Å². The first kappa shape index (κ1) is 19.1. The summed E-state index contributed by atoms with van der Waals surface area (Å²) in [6.45, 7) is 5.12. The smallest absolute Gasteiger partial charge is 0.118 e. The fourth-order valence-electron chi connectivity index (χ4n) is 3.60. The van der Waals surface area contributed by atoms with Gasteiger partial charge in [0.05, 0.1) is 37.1 Å². The van der Waals surface area contributed by atoms with Crippen LogP contribution in [0.25, 0.3) is 10.6 Å². The highest BCUT2D eigenvalue weighted by Crippen LogP contribution is 2.27. The summed E-state index contributed by atoms with van der Waals surface area (Å²) in [7, 11) is 1.70. The number of hydrogen-bond donors (Lipinski definition) is 2. The van der Waals surface area contributed by atoms with Crippen LogP contribution in [0.15, 0.2) is 48.0 Å². The van der Waals surface area contributed by atoms with Gasteiger partial charge in [0.25, 0.3) is 0 Å². The zero-order valence-corrected chi connectivity index (χ0v) is 16.9. The van der Waals surface area contributed by atoms with Gasteiger partial charge in [-0.25, -0.2) is 0 Å². The van der Waals surface area contributed by atoms with E-state index in [9.17, 15) is 0 Å². The van der Waals surface area contributed by atoms with Crippen molar-refractivity contribution in [2.75, 3.05) is 40.0 Å². The maximum absolute atomic E-state index is 5.55. The van der Waals surface area contributed by atoms with E-state index in [1.54, 1.807) is 18.4 Å². The molecule has 2 N–H and O–H groups in total. The van der Waals surface area contributed by atoms with Crippen LogP contribution in [0.2, 0.25) is 0 Å². The van der Waals surface area contributed by atoms with Gasteiger partial charge in [0, 0.05) is 37.8 Å². The van der Waals surface area contributed by atoms with Crippen molar-refractivity contribution >= 4 is 11.3 Å². The molecule has 148 valence electrons. The SMILES string of the molecule is COc1ccc([C@H](CNCc2cn[nH]c2-c2cccs2)N2CCOCC2)cc1. The van der Waals surface area contributed by atoms with Crippen LogP contribution < -0.4 is 10.1 Å². The fourth-order valence-corrected chi connectivity index (χ4v) is 4.35. The third-order valence-electron chi connectivity index (χ3n) is 5.13. The number of hydrogen-bond acceptors (Lipinski definition) is 6. The van der Waals surface area contributed by atoms with E-state index in [4.69, 9.17) is 9.47 Å². The minimum absolute atomic E-state index is 0.298. The van der Waals surface area contributed by atoms with Crippen LogP contribution >= 0.6 is 11.3 Å². The van der Waals surface area contributed by atoms with Gasteiger partial charge in [-0.3, -0.25) is 10.00 Å². The van der Waals surface area contributed by atoms with Crippen molar-refractivity contribution in [2.24, 2.45) is 0 Å². The number of H-pyrrole nitrogens is 1. The number of nitrogens with one attached hydrogen (secondary N) is 2. The molecule has 0 radical (unpaired) electrons. The Bertz CT molecular complexity index is 842. The average molecular weight is 399 g/mol. The molecule has 0 unspecified atom stereocenters. The van der Waals surface area contributed by atoms with Gasteiger partial charge >= 0.3 is 0 Å². The van der Waals surface area contributed by atoms with Crippen LogP contribution in [-0.4, -0.2) is 55.1 Å². The molecule has 1 aliphatic heterocycles. The highest BCUT2D eigenvalue weighted by molar-refractivity contribution is 7.13.